The smallest absolute Gasteiger partial charge is 0.315 e. The summed E-state index contributed by atoms with van der Waals surface area (Å²) in [7, 11) is 0. The second-order valence-electron chi connectivity index (χ2n) is 7.40. The van der Waals surface area contributed by atoms with Crippen molar-refractivity contribution in [2.75, 3.05) is 25.0 Å². The molecule has 3 amide bonds. The fourth-order valence-corrected chi connectivity index (χ4v) is 3.36. The number of likely N-dealkylation sites (N-methyl/N-ethyl adjacent to an activating group) is 1. The van der Waals surface area contributed by atoms with E-state index < -0.39 is 0 Å². The van der Waals surface area contributed by atoms with Gasteiger partial charge in [0.15, 0.2) is 5.76 Å². The van der Waals surface area contributed by atoms with Crippen LogP contribution in [0.3, 0.4) is 0 Å². The Kier molecular flexibility index (Phi) is 8.45. The van der Waals surface area contributed by atoms with Crippen LogP contribution in [0.2, 0.25) is 0 Å². The van der Waals surface area contributed by atoms with Crippen LogP contribution in [0.25, 0.3) is 0 Å². The third-order valence-electron chi connectivity index (χ3n) is 5.25. The molecule has 168 valence electrons. The summed E-state index contributed by atoms with van der Waals surface area (Å²) in [5.41, 5.74) is 2.66. The highest BCUT2D eigenvalue weighted by atomic mass is 16.3. The molecule has 3 rings (SSSR count). The molecular formula is C25H30N4O3. The molecule has 0 fully saturated rings. The van der Waals surface area contributed by atoms with Gasteiger partial charge in [0.25, 0.3) is 5.91 Å². The molecule has 7 nitrogen and oxygen atoms in total. The highest BCUT2D eigenvalue weighted by Crippen LogP contribution is 2.15. The largest absolute Gasteiger partial charge is 0.459 e. The zero-order valence-electron chi connectivity index (χ0n) is 18.5. The van der Waals surface area contributed by atoms with E-state index in [1.54, 1.807) is 24.3 Å². The lowest BCUT2D eigenvalue weighted by atomic mass is 10.1. The van der Waals surface area contributed by atoms with Gasteiger partial charge in [0, 0.05) is 18.8 Å². The van der Waals surface area contributed by atoms with E-state index in [9.17, 15) is 9.59 Å². The van der Waals surface area contributed by atoms with Crippen LogP contribution in [-0.4, -0.2) is 36.5 Å². The summed E-state index contributed by atoms with van der Waals surface area (Å²) in [6, 6.07) is 20.3. The number of nitrogens with zero attached hydrogens (tertiary/aromatic N) is 1. The SMILES string of the molecule is CCN(CC)C[C@H](NC(=O)NCc1ccc(NC(=O)c2ccco2)cc1)c1ccccc1. The molecule has 0 saturated heterocycles. The van der Waals surface area contributed by atoms with Crippen LogP contribution < -0.4 is 16.0 Å². The van der Waals surface area contributed by atoms with Crippen molar-refractivity contribution >= 4 is 17.6 Å². The van der Waals surface area contributed by atoms with Crippen molar-refractivity contribution in [3.05, 3.63) is 89.9 Å². The molecule has 0 saturated carbocycles. The van der Waals surface area contributed by atoms with Crippen molar-refractivity contribution in [1.29, 1.82) is 0 Å². The van der Waals surface area contributed by atoms with Gasteiger partial charge in [0.1, 0.15) is 0 Å². The van der Waals surface area contributed by atoms with E-state index in [-0.39, 0.29) is 23.7 Å². The molecule has 0 unspecified atom stereocenters. The zero-order chi connectivity index (χ0) is 22.8. The maximum atomic E-state index is 12.6. The molecule has 7 heteroatoms. The van der Waals surface area contributed by atoms with Crippen molar-refractivity contribution in [3.8, 4) is 0 Å². The Hall–Kier alpha value is -3.58. The average Bonchev–Trinajstić information content (AvgIpc) is 3.37. The predicted octanol–water partition coefficient (Wildman–Crippen LogP) is 4.41. The third-order valence-corrected chi connectivity index (χ3v) is 5.25. The van der Waals surface area contributed by atoms with Crippen LogP contribution in [0, 0.1) is 0 Å². The first-order valence-corrected chi connectivity index (χ1v) is 10.8. The number of furan rings is 1. The van der Waals surface area contributed by atoms with Crippen LogP contribution in [-0.2, 0) is 6.54 Å². The second-order valence-corrected chi connectivity index (χ2v) is 7.40. The fourth-order valence-electron chi connectivity index (χ4n) is 3.36. The normalized spacial score (nSPS) is 11.7. The maximum Gasteiger partial charge on any atom is 0.315 e. The molecule has 0 radical (unpaired) electrons. The summed E-state index contributed by atoms with van der Waals surface area (Å²) in [6.07, 6.45) is 1.46. The second kappa shape index (κ2) is 11.7. The Morgan fingerprint density at radius 1 is 0.938 bits per heavy atom. The van der Waals surface area contributed by atoms with E-state index in [1.165, 1.54) is 6.26 Å². The van der Waals surface area contributed by atoms with E-state index in [0.717, 1.165) is 30.8 Å². The number of anilines is 1. The number of urea groups is 1. The van der Waals surface area contributed by atoms with Gasteiger partial charge in [0.05, 0.1) is 12.3 Å². The van der Waals surface area contributed by atoms with Crippen LogP contribution in [0.5, 0.6) is 0 Å². The Morgan fingerprint density at radius 2 is 1.66 bits per heavy atom. The minimum absolute atomic E-state index is 0.102. The van der Waals surface area contributed by atoms with Crippen molar-refractivity contribution in [2.45, 2.75) is 26.4 Å². The summed E-state index contributed by atoms with van der Waals surface area (Å²) in [4.78, 5) is 26.9. The van der Waals surface area contributed by atoms with Gasteiger partial charge in [-0.15, -0.1) is 0 Å². The molecule has 32 heavy (non-hydrogen) atoms. The molecule has 3 aromatic rings. The molecule has 0 spiro atoms. The van der Waals surface area contributed by atoms with Crippen LogP contribution in [0.15, 0.2) is 77.4 Å². The highest BCUT2D eigenvalue weighted by molar-refractivity contribution is 6.02. The lowest BCUT2D eigenvalue weighted by molar-refractivity contribution is 0.0996. The molecule has 1 atom stereocenters. The molecule has 2 aromatic carbocycles. The van der Waals surface area contributed by atoms with Crippen molar-refractivity contribution in [3.63, 3.8) is 0 Å². The third kappa shape index (κ3) is 6.72. The van der Waals surface area contributed by atoms with Gasteiger partial charge in [-0.1, -0.05) is 56.3 Å². The van der Waals surface area contributed by atoms with Crippen LogP contribution in [0.1, 0.15) is 41.6 Å². The lowest BCUT2D eigenvalue weighted by Gasteiger charge is -2.26. The topological polar surface area (TPSA) is 86.6 Å². The molecule has 0 bridgehead atoms. The Morgan fingerprint density at radius 3 is 2.28 bits per heavy atom. The maximum absolute atomic E-state index is 12.6. The quantitative estimate of drug-likeness (QED) is 0.441. The molecule has 0 aliphatic heterocycles. The number of carbonyl (C=O) groups is 2. The molecular weight excluding hydrogens is 404 g/mol. The molecule has 3 N–H and O–H groups in total. The summed E-state index contributed by atoms with van der Waals surface area (Å²) in [6.45, 7) is 7.20. The first-order valence-electron chi connectivity index (χ1n) is 10.8. The minimum atomic E-state index is -0.305. The molecule has 1 aromatic heterocycles. The first-order chi connectivity index (χ1) is 15.6. The van der Waals surface area contributed by atoms with Gasteiger partial charge in [-0.3, -0.25) is 4.79 Å². The van der Waals surface area contributed by atoms with Crippen molar-refractivity contribution < 1.29 is 14.0 Å². The number of amides is 3. The molecule has 0 aliphatic carbocycles. The minimum Gasteiger partial charge on any atom is -0.459 e. The zero-order valence-corrected chi connectivity index (χ0v) is 18.5. The van der Waals surface area contributed by atoms with E-state index >= 15 is 0 Å². The number of nitrogens with one attached hydrogen (secondary N) is 3. The summed E-state index contributed by atoms with van der Waals surface area (Å²) in [5.74, 6) is -0.0505. The lowest BCUT2D eigenvalue weighted by Crippen LogP contribution is -2.42. The number of benzene rings is 2. The highest BCUT2D eigenvalue weighted by Gasteiger charge is 2.17. The standard InChI is InChI=1S/C25H30N4O3/c1-3-29(4-2)18-22(20-9-6-5-7-10-20)28-25(31)26-17-19-12-14-21(15-13-19)27-24(30)23-11-8-16-32-23/h5-16,22H,3-4,17-18H2,1-2H3,(H,27,30)(H2,26,28,31)/t22-/m0/s1. The van der Waals surface area contributed by atoms with Gasteiger partial charge < -0.3 is 25.3 Å². The number of hydrogen-bond donors (Lipinski definition) is 3. The van der Waals surface area contributed by atoms with Crippen molar-refractivity contribution in [2.24, 2.45) is 0 Å². The number of carbonyl (C=O) groups excluding carboxylic acids is 2. The monoisotopic (exact) mass is 434 g/mol. The summed E-state index contributed by atoms with van der Waals surface area (Å²) in [5, 5.41) is 8.79. The molecule has 1 heterocycles. The number of hydrogen-bond acceptors (Lipinski definition) is 4. The van der Waals surface area contributed by atoms with E-state index in [1.807, 2.05) is 42.5 Å². The van der Waals surface area contributed by atoms with Crippen LogP contribution >= 0.6 is 0 Å². The number of rotatable bonds is 10. The van der Waals surface area contributed by atoms with Gasteiger partial charge >= 0.3 is 6.03 Å². The Labute approximate surface area is 188 Å². The van der Waals surface area contributed by atoms with Crippen molar-refractivity contribution in [1.82, 2.24) is 15.5 Å². The Balaban J connectivity index is 1.53. The van der Waals surface area contributed by atoms with Gasteiger partial charge in [0.2, 0.25) is 0 Å². The van der Waals surface area contributed by atoms with E-state index in [4.69, 9.17) is 4.42 Å². The van der Waals surface area contributed by atoms with E-state index in [2.05, 4.69) is 34.7 Å². The van der Waals surface area contributed by atoms with Gasteiger partial charge in [-0.05, 0) is 48.5 Å². The summed E-state index contributed by atoms with van der Waals surface area (Å²) >= 11 is 0. The first kappa shape index (κ1) is 23.1. The van der Waals surface area contributed by atoms with E-state index in [0.29, 0.717) is 12.2 Å². The average molecular weight is 435 g/mol. The fraction of sp³-hybridized carbons (Fsp3) is 0.280. The predicted molar refractivity (Wildman–Crippen MR) is 125 cm³/mol. The molecule has 0 aliphatic rings. The van der Waals surface area contributed by atoms with Gasteiger partial charge in [-0.25, -0.2) is 4.79 Å². The van der Waals surface area contributed by atoms with Crippen LogP contribution in [0.4, 0.5) is 10.5 Å². The summed E-state index contributed by atoms with van der Waals surface area (Å²) < 4.78 is 5.09. The Bertz CT molecular complexity index is 968. The van der Waals surface area contributed by atoms with Gasteiger partial charge in [-0.2, -0.15) is 0 Å².